The Morgan fingerprint density at radius 3 is 2.48 bits per heavy atom. The lowest BCUT2D eigenvalue weighted by Crippen LogP contribution is -2.28. The average Bonchev–Trinajstić information content (AvgIpc) is 3.46. The van der Waals surface area contributed by atoms with Crippen LogP contribution in [-0.4, -0.2) is 28.0 Å². The number of rotatable bonds is 4. The van der Waals surface area contributed by atoms with Gasteiger partial charge in [0.25, 0.3) is 17.5 Å². The number of halogens is 1. The molecule has 2 amide bonds. The first-order valence-corrected chi connectivity index (χ1v) is 9.08. The molecular formula is C20H14FN3O5. The minimum atomic E-state index is -0.728. The van der Waals surface area contributed by atoms with Crippen LogP contribution in [0, 0.1) is 39.6 Å². The molecule has 2 bridgehead atoms. The van der Waals surface area contributed by atoms with Gasteiger partial charge in [-0.05, 0) is 42.5 Å². The Kier molecular flexibility index (Phi) is 3.73. The van der Waals surface area contributed by atoms with Gasteiger partial charge in [0.2, 0.25) is 0 Å². The monoisotopic (exact) mass is 395 g/mol. The van der Waals surface area contributed by atoms with Gasteiger partial charge in [0.05, 0.1) is 34.6 Å². The smallest absolute Gasteiger partial charge is 0.283 e. The number of nitro groups is 1. The van der Waals surface area contributed by atoms with Crippen molar-refractivity contribution in [2.24, 2.45) is 28.8 Å². The Morgan fingerprint density at radius 1 is 1.14 bits per heavy atom. The molecule has 1 saturated carbocycles. The molecule has 2 heterocycles. The molecule has 1 saturated heterocycles. The second-order valence-electron chi connectivity index (χ2n) is 7.35. The standard InChI is InChI=1S/C20H14FN3O5/c21-12-3-5-14(15(8-12)24(27)28)16-6-4-13(29-16)9-22-23-19(25)17-10-1-2-11(7-10)18(17)20(23)26/h1-6,8-11,17-18H,7H2/b22-9-/t10-,11+,17-,18+. The van der Waals surface area contributed by atoms with Crippen molar-refractivity contribution in [3.8, 4) is 11.3 Å². The van der Waals surface area contributed by atoms with Crippen molar-refractivity contribution in [2.75, 3.05) is 0 Å². The highest BCUT2D eigenvalue weighted by atomic mass is 19.1. The lowest BCUT2D eigenvalue weighted by molar-refractivity contribution is -0.384. The second kappa shape index (κ2) is 6.20. The number of hydrazone groups is 1. The van der Waals surface area contributed by atoms with Crippen LogP contribution in [-0.2, 0) is 9.59 Å². The minimum Gasteiger partial charge on any atom is -0.455 e. The molecule has 1 aromatic heterocycles. The van der Waals surface area contributed by atoms with E-state index >= 15 is 0 Å². The zero-order valence-corrected chi connectivity index (χ0v) is 14.9. The van der Waals surface area contributed by atoms with Crippen LogP contribution < -0.4 is 0 Å². The van der Waals surface area contributed by atoms with Crippen LogP contribution >= 0.6 is 0 Å². The number of hydrogen-bond acceptors (Lipinski definition) is 6. The molecule has 2 fully saturated rings. The summed E-state index contributed by atoms with van der Waals surface area (Å²) in [5, 5.41) is 16.1. The molecule has 0 N–H and O–H groups in total. The fraction of sp³-hybridized carbons (Fsp3) is 0.250. The third kappa shape index (κ3) is 2.61. The normalized spacial score (nSPS) is 27.4. The molecule has 29 heavy (non-hydrogen) atoms. The summed E-state index contributed by atoms with van der Waals surface area (Å²) in [6, 6.07) is 6.15. The van der Waals surface area contributed by atoms with Crippen molar-refractivity contribution in [1.82, 2.24) is 5.01 Å². The molecule has 8 nitrogen and oxygen atoms in total. The molecule has 5 rings (SSSR count). The van der Waals surface area contributed by atoms with E-state index < -0.39 is 16.4 Å². The summed E-state index contributed by atoms with van der Waals surface area (Å²) in [5.74, 6) is -1.50. The zero-order chi connectivity index (χ0) is 20.3. The number of amides is 2. The van der Waals surface area contributed by atoms with E-state index in [1.807, 2.05) is 12.2 Å². The highest BCUT2D eigenvalue weighted by Gasteiger charge is 2.59. The lowest BCUT2D eigenvalue weighted by Gasteiger charge is -2.13. The maximum absolute atomic E-state index is 13.3. The summed E-state index contributed by atoms with van der Waals surface area (Å²) in [4.78, 5) is 35.7. The highest BCUT2D eigenvalue weighted by Crippen LogP contribution is 2.52. The first-order chi connectivity index (χ1) is 13.9. The third-order valence-corrected chi connectivity index (χ3v) is 5.80. The summed E-state index contributed by atoms with van der Waals surface area (Å²) in [6.07, 6.45) is 6.06. The SMILES string of the molecule is O=C1[C@@H]2[C@H](C(=O)N1/N=C\c1ccc(-c3ccc(F)cc3[N+](=O)[O-])o1)[C@@H]1C=C[C@H]2C1. The molecule has 9 heteroatoms. The van der Waals surface area contributed by atoms with E-state index in [2.05, 4.69) is 5.10 Å². The van der Waals surface area contributed by atoms with E-state index in [9.17, 15) is 24.1 Å². The number of nitro benzene ring substituents is 1. The molecule has 4 atom stereocenters. The number of imide groups is 1. The van der Waals surface area contributed by atoms with Crippen molar-refractivity contribution in [3.05, 3.63) is 64.2 Å². The topological polar surface area (TPSA) is 106 Å². The average molecular weight is 395 g/mol. The number of hydrogen-bond donors (Lipinski definition) is 0. The number of nitrogens with zero attached hydrogens (tertiary/aromatic N) is 3. The third-order valence-electron chi connectivity index (χ3n) is 5.80. The molecule has 2 aromatic rings. The Bertz CT molecular complexity index is 1090. The fourth-order valence-electron chi connectivity index (χ4n) is 4.55. The number of carbonyl (C=O) groups is 2. The molecular weight excluding hydrogens is 381 g/mol. The van der Waals surface area contributed by atoms with E-state index in [4.69, 9.17) is 4.42 Å². The Balaban J connectivity index is 1.39. The van der Waals surface area contributed by atoms with Crippen LogP contribution in [0.25, 0.3) is 11.3 Å². The first kappa shape index (κ1) is 17.5. The maximum Gasteiger partial charge on any atom is 0.283 e. The molecule has 1 aliphatic heterocycles. The van der Waals surface area contributed by atoms with Crippen molar-refractivity contribution in [2.45, 2.75) is 6.42 Å². The molecule has 0 spiro atoms. The van der Waals surface area contributed by atoms with Crippen LogP contribution in [0.3, 0.4) is 0 Å². The Hall–Kier alpha value is -3.62. The largest absolute Gasteiger partial charge is 0.455 e. The molecule has 1 aromatic carbocycles. The predicted octanol–water partition coefficient (Wildman–Crippen LogP) is 3.13. The van der Waals surface area contributed by atoms with Gasteiger partial charge in [0.15, 0.2) is 0 Å². The molecule has 0 unspecified atom stereocenters. The number of furan rings is 1. The van der Waals surface area contributed by atoms with E-state index in [1.165, 1.54) is 24.4 Å². The van der Waals surface area contributed by atoms with Crippen LogP contribution in [0.4, 0.5) is 10.1 Å². The van der Waals surface area contributed by atoms with Gasteiger partial charge >= 0.3 is 0 Å². The van der Waals surface area contributed by atoms with Crippen LogP contribution in [0.5, 0.6) is 0 Å². The van der Waals surface area contributed by atoms with Crippen molar-refractivity contribution < 1.29 is 23.3 Å². The van der Waals surface area contributed by atoms with Gasteiger partial charge in [-0.15, -0.1) is 0 Å². The van der Waals surface area contributed by atoms with E-state index in [0.717, 1.165) is 23.6 Å². The minimum absolute atomic E-state index is 0.0934. The summed E-state index contributed by atoms with van der Waals surface area (Å²) in [5.41, 5.74) is -0.315. The summed E-state index contributed by atoms with van der Waals surface area (Å²) < 4.78 is 18.9. The number of fused-ring (bicyclic) bond motifs is 5. The summed E-state index contributed by atoms with van der Waals surface area (Å²) in [7, 11) is 0. The van der Waals surface area contributed by atoms with Crippen LogP contribution in [0.2, 0.25) is 0 Å². The van der Waals surface area contributed by atoms with E-state index in [0.29, 0.717) is 0 Å². The number of benzene rings is 1. The van der Waals surface area contributed by atoms with Gasteiger partial charge in [-0.1, -0.05) is 12.2 Å². The van der Waals surface area contributed by atoms with Crippen LogP contribution in [0.1, 0.15) is 12.2 Å². The van der Waals surface area contributed by atoms with Gasteiger partial charge in [-0.3, -0.25) is 19.7 Å². The van der Waals surface area contributed by atoms with E-state index in [1.54, 1.807) is 0 Å². The molecule has 146 valence electrons. The van der Waals surface area contributed by atoms with Crippen LogP contribution in [0.15, 0.2) is 52.0 Å². The number of allylic oxidation sites excluding steroid dienone is 2. The van der Waals surface area contributed by atoms with Crippen molar-refractivity contribution in [1.29, 1.82) is 0 Å². The van der Waals surface area contributed by atoms with E-state index in [-0.39, 0.29) is 52.6 Å². The highest BCUT2D eigenvalue weighted by molar-refractivity contribution is 6.06. The van der Waals surface area contributed by atoms with Gasteiger partial charge in [-0.2, -0.15) is 10.1 Å². The lowest BCUT2D eigenvalue weighted by atomic mass is 9.85. The molecule has 3 aliphatic rings. The first-order valence-electron chi connectivity index (χ1n) is 9.08. The van der Waals surface area contributed by atoms with Gasteiger partial charge in [0.1, 0.15) is 17.3 Å². The second-order valence-corrected chi connectivity index (χ2v) is 7.35. The molecule has 0 radical (unpaired) electrons. The zero-order valence-electron chi connectivity index (χ0n) is 14.9. The van der Waals surface area contributed by atoms with Crippen molar-refractivity contribution in [3.63, 3.8) is 0 Å². The van der Waals surface area contributed by atoms with Gasteiger partial charge in [0, 0.05) is 0 Å². The van der Waals surface area contributed by atoms with Gasteiger partial charge < -0.3 is 4.42 Å². The quantitative estimate of drug-likeness (QED) is 0.260. The number of carbonyl (C=O) groups excluding carboxylic acids is 2. The summed E-state index contributed by atoms with van der Waals surface area (Å²) in [6.45, 7) is 0. The molecule has 2 aliphatic carbocycles. The van der Waals surface area contributed by atoms with Gasteiger partial charge in [-0.25, -0.2) is 4.39 Å². The van der Waals surface area contributed by atoms with Crippen molar-refractivity contribution >= 4 is 23.7 Å². The fourth-order valence-corrected chi connectivity index (χ4v) is 4.55. The Morgan fingerprint density at radius 2 is 1.83 bits per heavy atom. The predicted molar refractivity (Wildman–Crippen MR) is 97.9 cm³/mol. The maximum atomic E-state index is 13.3. The summed E-state index contributed by atoms with van der Waals surface area (Å²) >= 11 is 0. The Labute approximate surface area is 163 Å².